The van der Waals surface area contributed by atoms with E-state index in [1.807, 2.05) is 25.1 Å². The van der Waals surface area contributed by atoms with E-state index in [-0.39, 0.29) is 11.7 Å². The highest BCUT2D eigenvalue weighted by atomic mass is 19.1. The van der Waals surface area contributed by atoms with E-state index in [9.17, 15) is 9.18 Å². The van der Waals surface area contributed by atoms with Crippen molar-refractivity contribution >= 4 is 5.91 Å². The highest BCUT2D eigenvalue weighted by Gasteiger charge is 2.29. The summed E-state index contributed by atoms with van der Waals surface area (Å²) in [5.74, 6) is -0.487. The number of nitrogens with two attached hydrogens (primary N) is 1. The summed E-state index contributed by atoms with van der Waals surface area (Å²) in [6.45, 7) is 2.02. The molecule has 0 radical (unpaired) electrons. The Morgan fingerprint density at radius 1 is 1.29 bits per heavy atom. The monoisotopic (exact) mass is 283 g/mol. The lowest BCUT2D eigenvalue weighted by atomic mass is 9.88. The minimum absolute atomic E-state index is 0.0599. The molecular weight excluding hydrogens is 265 g/mol. The minimum atomic E-state index is -0.425. The van der Waals surface area contributed by atoms with Gasteiger partial charge >= 0.3 is 0 Å². The summed E-state index contributed by atoms with van der Waals surface area (Å²) in [7, 11) is 0. The molecule has 0 aromatic heterocycles. The molecule has 21 heavy (non-hydrogen) atoms. The van der Waals surface area contributed by atoms with Crippen molar-refractivity contribution in [3.8, 4) is 0 Å². The van der Waals surface area contributed by atoms with E-state index in [2.05, 4.69) is 6.07 Å². The maximum Gasteiger partial charge on any atom is 0.248 e. The lowest BCUT2D eigenvalue weighted by Gasteiger charge is -2.16. The van der Waals surface area contributed by atoms with Crippen LogP contribution >= 0.6 is 0 Å². The highest BCUT2D eigenvalue weighted by molar-refractivity contribution is 5.94. The molecule has 3 rings (SSSR count). The van der Waals surface area contributed by atoms with E-state index in [4.69, 9.17) is 5.73 Å². The third-order valence-corrected chi connectivity index (χ3v) is 4.36. The molecule has 1 atom stereocenters. The SMILES string of the molecule is CCc1cc(F)c2c(c1)[C@@H](c1ccccc1C(N)=O)CC2. The smallest absolute Gasteiger partial charge is 0.248 e. The average Bonchev–Trinajstić information content (AvgIpc) is 2.91. The van der Waals surface area contributed by atoms with E-state index in [0.717, 1.165) is 35.1 Å². The summed E-state index contributed by atoms with van der Waals surface area (Å²) in [5, 5.41) is 0. The first-order valence-corrected chi connectivity index (χ1v) is 7.31. The molecule has 0 unspecified atom stereocenters. The van der Waals surface area contributed by atoms with Gasteiger partial charge in [0.05, 0.1) is 0 Å². The normalized spacial score (nSPS) is 16.8. The van der Waals surface area contributed by atoms with Crippen LogP contribution in [0.5, 0.6) is 0 Å². The number of amides is 1. The van der Waals surface area contributed by atoms with Crippen molar-refractivity contribution in [2.75, 3.05) is 0 Å². The van der Waals surface area contributed by atoms with Gasteiger partial charge in [-0.25, -0.2) is 4.39 Å². The Morgan fingerprint density at radius 3 is 2.76 bits per heavy atom. The van der Waals surface area contributed by atoms with Crippen LogP contribution < -0.4 is 5.73 Å². The molecule has 0 heterocycles. The van der Waals surface area contributed by atoms with Gasteiger partial charge in [-0.05, 0) is 53.6 Å². The van der Waals surface area contributed by atoms with E-state index in [1.54, 1.807) is 12.1 Å². The molecule has 108 valence electrons. The van der Waals surface area contributed by atoms with Crippen molar-refractivity contribution in [3.05, 3.63) is 70.0 Å². The van der Waals surface area contributed by atoms with E-state index in [1.165, 1.54) is 0 Å². The highest BCUT2D eigenvalue weighted by Crippen LogP contribution is 2.41. The number of carbonyl (C=O) groups excluding carboxylic acids is 1. The van der Waals surface area contributed by atoms with E-state index in [0.29, 0.717) is 12.0 Å². The van der Waals surface area contributed by atoms with Crippen LogP contribution in [-0.4, -0.2) is 5.91 Å². The largest absolute Gasteiger partial charge is 0.366 e. The van der Waals surface area contributed by atoms with Gasteiger partial charge in [-0.15, -0.1) is 0 Å². The summed E-state index contributed by atoms with van der Waals surface area (Å²) in [4.78, 5) is 11.6. The standard InChI is InChI=1S/C18H18FNO/c1-2-11-9-16-13(7-8-14(16)17(19)10-11)12-5-3-4-6-15(12)18(20)21/h3-6,9-10,13H,2,7-8H2,1H3,(H2,20,21)/t13-/m1/s1. The Bertz CT molecular complexity index is 708. The second-order valence-corrected chi connectivity index (χ2v) is 5.54. The van der Waals surface area contributed by atoms with Gasteiger partial charge in [0.25, 0.3) is 0 Å². The molecule has 2 aromatic rings. The fourth-order valence-electron chi connectivity index (χ4n) is 3.29. The molecule has 0 spiro atoms. The van der Waals surface area contributed by atoms with Crippen molar-refractivity contribution in [1.82, 2.24) is 0 Å². The van der Waals surface area contributed by atoms with E-state index >= 15 is 0 Å². The van der Waals surface area contributed by atoms with Gasteiger partial charge in [-0.1, -0.05) is 31.2 Å². The summed E-state index contributed by atoms with van der Waals surface area (Å²) in [5.41, 5.74) is 9.73. The zero-order valence-corrected chi connectivity index (χ0v) is 12.0. The molecule has 3 heteroatoms. The number of rotatable bonds is 3. The van der Waals surface area contributed by atoms with Gasteiger partial charge in [0.15, 0.2) is 0 Å². The Labute approximate surface area is 123 Å². The second-order valence-electron chi connectivity index (χ2n) is 5.54. The van der Waals surface area contributed by atoms with Gasteiger partial charge in [-0.3, -0.25) is 4.79 Å². The van der Waals surface area contributed by atoms with Crippen LogP contribution in [0.25, 0.3) is 0 Å². The molecule has 0 saturated carbocycles. The van der Waals surface area contributed by atoms with Crippen molar-refractivity contribution in [2.24, 2.45) is 5.73 Å². The first kappa shape index (κ1) is 13.8. The number of fused-ring (bicyclic) bond motifs is 1. The molecule has 0 bridgehead atoms. The maximum absolute atomic E-state index is 14.2. The Hall–Kier alpha value is -2.16. The zero-order chi connectivity index (χ0) is 15.0. The summed E-state index contributed by atoms with van der Waals surface area (Å²) < 4.78 is 14.2. The van der Waals surface area contributed by atoms with Crippen molar-refractivity contribution in [2.45, 2.75) is 32.1 Å². The molecule has 0 aliphatic heterocycles. The molecule has 2 nitrogen and oxygen atoms in total. The lowest BCUT2D eigenvalue weighted by Crippen LogP contribution is -2.15. The van der Waals surface area contributed by atoms with Crippen LogP contribution in [0.2, 0.25) is 0 Å². The fourth-order valence-corrected chi connectivity index (χ4v) is 3.29. The number of carbonyl (C=O) groups is 1. The third kappa shape index (κ3) is 2.33. The van der Waals surface area contributed by atoms with Crippen LogP contribution in [0, 0.1) is 5.82 Å². The number of halogens is 1. The van der Waals surface area contributed by atoms with Gasteiger partial charge in [0.2, 0.25) is 5.91 Å². The van der Waals surface area contributed by atoms with Gasteiger partial charge in [0.1, 0.15) is 5.82 Å². The number of aryl methyl sites for hydroxylation is 1. The second kappa shape index (κ2) is 5.32. The topological polar surface area (TPSA) is 43.1 Å². The van der Waals surface area contributed by atoms with E-state index < -0.39 is 5.91 Å². The van der Waals surface area contributed by atoms with Crippen LogP contribution in [0.4, 0.5) is 4.39 Å². The number of hydrogen-bond acceptors (Lipinski definition) is 1. The van der Waals surface area contributed by atoms with Gasteiger partial charge in [0, 0.05) is 11.5 Å². The summed E-state index contributed by atoms with van der Waals surface area (Å²) >= 11 is 0. The van der Waals surface area contributed by atoms with Gasteiger partial charge in [-0.2, -0.15) is 0 Å². The Morgan fingerprint density at radius 2 is 2.05 bits per heavy atom. The van der Waals surface area contributed by atoms with Crippen molar-refractivity contribution in [3.63, 3.8) is 0 Å². The average molecular weight is 283 g/mol. The maximum atomic E-state index is 14.2. The van der Waals surface area contributed by atoms with Crippen molar-refractivity contribution in [1.29, 1.82) is 0 Å². The quantitative estimate of drug-likeness (QED) is 0.919. The number of hydrogen-bond donors (Lipinski definition) is 1. The third-order valence-electron chi connectivity index (χ3n) is 4.36. The number of benzene rings is 2. The molecule has 0 saturated heterocycles. The molecule has 1 amide bonds. The molecular formula is C18H18FNO. The summed E-state index contributed by atoms with van der Waals surface area (Å²) in [6, 6.07) is 11.1. The Balaban J connectivity index is 2.13. The molecule has 2 aromatic carbocycles. The summed E-state index contributed by atoms with van der Waals surface area (Å²) in [6.07, 6.45) is 2.33. The van der Waals surface area contributed by atoms with Crippen LogP contribution in [0.3, 0.4) is 0 Å². The molecule has 1 aliphatic carbocycles. The molecule has 2 N–H and O–H groups in total. The predicted octanol–water partition coefficient (Wildman–Crippen LogP) is 3.57. The minimum Gasteiger partial charge on any atom is -0.366 e. The lowest BCUT2D eigenvalue weighted by molar-refractivity contribution is 0.0999. The number of primary amides is 1. The van der Waals surface area contributed by atoms with Crippen LogP contribution in [0.1, 0.15) is 51.9 Å². The zero-order valence-electron chi connectivity index (χ0n) is 12.0. The Kier molecular flexibility index (Phi) is 3.50. The molecule has 1 aliphatic rings. The van der Waals surface area contributed by atoms with Gasteiger partial charge < -0.3 is 5.73 Å². The predicted molar refractivity (Wildman–Crippen MR) is 80.9 cm³/mol. The van der Waals surface area contributed by atoms with Crippen LogP contribution in [-0.2, 0) is 12.8 Å². The van der Waals surface area contributed by atoms with Crippen molar-refractivity contribution < 1.29 is 9.18 Å². The first-order valence-electron chi connectivity index (χ1n) is 7.31. The fraction of sp³-hybridized carbons (Fsp3) is 0.278. The first-order chi connectivity index (χ1) is 10.1. The van der Waals surface area contributed by atoms with Crippen LogP contribution in [0.15, 0.2) is 36.4 Å². The molecule has 0 fully saturated rings.